The first-order chi connectivity index (χ1) is 8.89. The molecule has 0 spiro atoms. The molecule has 0 unspecified atom stereocenters. The lowest BCUT2D eigenvalue weighted by atomic mass is 10.2. The Morgan fingerprint density at radius 1 is 1.32 bits per heavy atom. The summed E-state index contributed by atoms with van der Waals surface area (Å²) in [5, 5.41) is 9.20. The molecule has 0 aliphatic carbocycles. The maximum absolute atomic E-state index is 12.2. The molecule has 2 aliphatic rings. The second kappa shape index (κ2) is 4.03. The quantitative estimate of drug-likeness (QED) is 0.798. The summed E-state index contributed by atoms with van der Waals surface area (Å²) in [5.41, 5.74) is 1.49. The molecule has 0 radical (unpaired) electrons. The van der Waals surface area contributed by atoms with Gasteiger partial charge in [0.25, 0.3) is 0 Å². The van der Waals surface area contributed by atoms with Crippen LogP contribution in [0.5, 0.6) is 0 Å². The van der Waals surface area contributed by atoms with Crippen LogP contribution in [0, 0.1) is 0 Å². The molecule has 102 valence electrons. The molecule has 1 saturated heterocycles. The van der Waals surface area contributed by atoms with Gasteiger partial charge in [-0.3, -0.25) is 4.79 Å². The number of amides is 1. The van der Waals surface area contributed by atoms with Crippen LogP contribution in [0.15, 0.2) is 23.1 Å². The Morgan fingerprint density at radius 2 is 2.00 bits per heavy atom. The van der Waals surface area contributed by atoms with Gasteiger partial charge in [0, 0.05) is 25.8 Å². The number of nitrogens with zero attached hydrogens (tertiary/aromatic N) is 2. The topological polar surface area (TPSA) is 77.9 Å². The van der Waals surface area contributed by atoms with Crippen molar-refractivity contribution in [2.24, 2.45) is 0 Å². The number of sulfonamides is 1. The third-order valence-electron chi connectivity index (χ3n) is 3.59. The summed E-state index contributed by atoms with van der Waals surface area (Å²) in [6, 6.07) is 4.72. The fraction of sp³-hybridized carbons (Fsp3) is 0.417. The van der Waals surface area contributed by atoms with Crippen molar-refractivity contribution in [3.63, 3.8) is 0 Å². The molecule has 3 rings (SSSR count). The first-order valence-corrected chi connectivity index (χ1v) is 7.41. The molecule has 0 saturated carbocycles. The number of anilines is 1. The maximum atomic E-state index is 12.2. The number of aliphatic hydroxyl groups excluding tert-OH is 1. The third kappa shape index (κ3) is 1.85. The number of rotatable bonds is 2. The molecule has 0 atom stereocenters. The highest BCUT2D eigenvalue weighted by Crippen LogP contribution is 2.31. The lowest BCUT2D eigenvalue weighted by Gasteiger charge is -2.34. The van der Waals surface area contributed by atoms with E-state index in [2.05, 4.69) is 0 Å². The average Bonchev–Trinajstić information content (AvgIpc) is 2.61. The zero-order valence-electron chi connectivity index (χ0n) is 10.4. The van der Waals surface area contributed by atoms with Crippen molar-refractivity contribution in [2.45, 2.75) is 17.4 Å². The van der Waals surface area contributed by atoms with Gasteiger partial charge < -0.3 is 10.0 Å². The average molecular weight is 282 g/mol. The third-order valence-corrected chi connectivity index (χ3v) is 5.42. The summed E-state index contributed by atoms with van der Waals surface area (Å²) in [6.07, 6.45) is -0.338. The van der Waals surface area contributed by atoms with Gasteiger partial charge in [-0.2, -0.15) is 4.31 Å². The van der Waals surface area contributed by atoms with Crippen LogP contribution in [0.25, 0.3) is 0 Å². The van der Waals surface area contributed by atoms with E-state index in [-0.39, 0.29) is 30.3 Å². The number of benzene rings is 1. The van der Waals surface area contributed by atoms with Gasteiger partial charge in [0.05, 0.1) is 17.4 Å². The molecular weight excluding hydrogens is 268 g/mol. The van der Waals surface area contributed by atoms with Crippen LogP contribution in [0.4, 0.5) is 5.69 Å². The summed E-state index contributed by atoms with van der Waals surface area (Å²) in [6.45, 7) is 0.274. The largest absolute Gasteiger partial charge is 0.390 e. The van der Waals surface area contributed by atoms with E-state index in [1.807, 2.05) is 0 Å². The molecule has 2 aliphatic heterocycles. The van der Waals surface area contributed by atoms with E-state index >= 15 is 0 Å². The van der Waals surface area contributed by atoms with Gasteiger partial charge in [-0.25, -0.2) is 8.42 Å². The van der Waals surface area contributed by atoms with Crippen LogP contribution >= 0.6 is 0 Å². The fourth-order valence-electron chi connectivity index (χ4n) is 2.37. The minimum Gasteiger partial charge on any atom is -0.390 e. The lowest BCUT2D eigenvalue weighted by molar-refractivity contribution is -0.117. The number of hydrogen-bond acceptors (Lipinski definition) is 4. The molecule has 1 aromatic carbocycles. The van der Waals surface area contributed by atoms with E-state index in [4.69, 9.17) is 0 Å². The van der Waals surface area contributed by atoms with E-state index in [1.165, 1.54) is 15.3 Å². The number of carbonyl (C=O) groups excluding carboxylic acids is 1. The Morgan fingerprint density at radius 3 is 2.63 bits per heavy atom. The van der Waals surface area contributed by atoms with Crippen molar-refractivity contribution in [3.05, 3.63) is 23.8 Å². The summed E-state index contributed by atoms with van der Waals surface area (Å²) in [4.78, 5) is 13.3. The van der Waals surface area contributed by atoms with E-state index < -0.39 is 16.1 Å². The van der Waals surface area contributed by atoms with Gasteiger partial charge in [-0.15, -0.1) is 0 Å². The highest BCUT2D eigenvalue weighted by atomic mass is 32.2. The summed E-state index contributed by atoms with van der Waals surface area (Å²) in [7, 11) is -1.87. The van der Waals surface area contributed by atoms with Crippen molar-refractivity contribution in [2.75, 3.05) is 25.0 Å². The van der Waals surface area contributed by atoms with Crippen molar-refractivity contribution < 1.29 is 18.3 Å². The molecule has 1 fully saturated rings. The molecule has 1 N–H and O–H groups in total. The van der Waals surface area contributed by atoms with E-state index in [0.717, 1.165) is 11.3 Å². The summed E-state index contributed by atoms with van der Waals surface area (Å²) in [5.74, 6) is -0.0380. The number of likely N-dealkylation sites (N-methyl/N-ethyl adjacent to an activating group) is 1. The van der Waals surface area contributed by atoms with Crippen LogP contribution < -0.4 is 4.90 Å². The first kappa shape index (κ1) is 12.6. The molecule has 6 nitrogen and oxygen atoms in total. The normalized spacial score (nSPS) is 20.5. The van der Waals surface area contributed by atoms with Crippen LogP contribution in [-0.4, -0.2) is 50.0 Å². The highest BCUT2D eigenvalue weighted by molar-refractivity contribution is 7.89. The number of fused-ring (bicyclic) bond motifs is 1. The first-order valence-electron chi connectivity index (χ1n) is 5.97. The second-order valence-electron chi connectivity index (χ2n) is 4.90. The molecule has 1 amide bonds. The minimum atomic E-state index is -3.55. The molecule has 0 aromatic heterocycles. The Bertz CT molecular complexity index is 650. The number of hydrogen-bond donors (Lipinski definition) is 1. The predicted molar refractivity (Wildman–Crippen MR) is 68.3 cm³/mol. The smallest absolute Gasteiger partial charge is 0.243 e. The summed E-state index contributed by atoms with van der Waals surface area (Å²) < 4.78 is 25.7. The monoisotopic (exact) mass is 282 g/mol. The number of β-amino-alcohol motifs (C(OH)–C–C–N with tert-alkyl or cyclic N) is 1. The SMILES string of the molecule is CN1C(=O)Cc2cc(S(=O)(=O)N3CC(O)C3)ccc21. The molecule has 1 aromatic rings. The van der Waals surface area contributed by atoms with Crippen LogP contribution in [0.3, 0.4) is 0 Å². The number of aliphatic hydroxyl groups is 1. The lowest BCUT2D eigenvalue weighted by Crippen LogP contribution is -2.53. The Labute approximate surface area is 111 Å². The van der Waals surface area contributed by atoms with E-state index in [0.29, 0.717) is 0 Å². The predicted octanol–water partition coefficient (Wildman–Crippen LogP) is -0.429. The van der Waals surface area contributed by atoms with Crippen molar-refractivity contribution in [1.82, 2.24) is 4.31 Å². The van der Waals surface area contributed by atoms with E-state index in [9.17, 15) is 18.3 Å². The molecule has 19 heavy (non-hydrogen) atoms. The van der Waals surface area contributed by atoms with Gasteiger partial charge in [0.15, 0.2) is 0 Å². The van der Waals surface area contributed by atoms with Crippen LogP contribution in [0.2, 0.25) is 0 Å². The highest BCUT2D eigenvalue weighted by Gasteiger charge is 2.36. The Kier molecular flexibility index (Phi) is 2.67. The van der Waals surface area contributed by atoms with Crippen molar-refractivity contribution in [3.8, 4) is 0 Å². The Balaban J connectivity index is 1.96. The van der Waals surface area contributed by atoms with Gasteiger partial charge in [-0.1, -0.05) is 0 Å². The second-order valence-corrected chi connectivity index (χ2v) is 6.83. The molecular formula is C12H14N2O4S. The molecule has 2 heterocycles. The van der Waals surface area contributed by atoms with Crippen LogP contribution in [0.1, 0.15) is 5.56 Å². The fourth-order valence-corrected chi connectivity index (χ4v) is 3.93. The molecule has 7 heteroatoms. The number of carbonyl (C=O) groups is 1. The van der Waals surface area contributed by atoms with Crippen molar-refractivity contribution in [1.29, 1.82) is 0 Å². The molecule has 0 bridgehead atoms. The minimum absolute atomic E-state index is 0.0380. The van der Waals surface area contributed by atoms with Crippen LogP contribution in [-0.2, 0) is 21.2 Å². The van der Waals surface area contributed by atoms with Crippen molar-refractivity contribution >= 4 is 21.6 Å². The van der Waals surface area contributed by atoms with E-state index in [1.54, 1.807) is 19.2 Å². The summed E-state index contributed by atoms with van der Waals surface area (Å²) >= 11 is 0. The standard InChI is InChI=1S/C12H14N2O4S/c1-13-11-3-2-10(4-8(11)5-12(13)16)19(17,18)14-6-9(15)7-14/h2-4,9,15H,5-7H2,1H3. The van der Waals surface area contributed by atoms with Gasteiger partial charge in [0.2, 0.25) is 15.9 Å². The maximum Gasteiger partial charge on any atom is 0.243 e. The zero-order chi connectivity index (χ0) is 13.8. The zero-order valence-corrected chi connectivity index (χ0v) is 11.2. The van der Waals surface area contributed by atoms with Gasteiger partial charge in [0.1, 0.15) is 0 Å². The van der Waals surface area contributed by atoms with Gasteiger partial charge in [-0.05, 0) is 23.8 Å². The Hall–Kier alpha value is -1.44. The van der Waals surface area contributed by atoms with Gasteiger partial charge >= 0.3 is 0 Å².